The highest BCUT2D eigenvalue weighted by atomic mass is 32.2. The first-order valence-corrected chi connectivity index (χ1v) is 11.0. The van der Waals surface area contributed by atoms with E-state index in [1.54, 1.807) is 11.8 Å². The second kappa shape index (κ2) is 10.8. The van der Waals surface area contributed by atoms with Crippen LogP contribution in [0.15, 0.2) is 78.9 Å². The standard InChI is InChI=1S/C25H27NO2S/c1-19-13-14-20(2)23(17-19)26-24(27)18-29-16-15-28-25(21-9-5-3-6-10-21)22-11-7-4-8-12-22/h3-14,17,25H,15-16,18H2,1-2H3,(H,26,27). The van der Waals surface area contributed by atoms with E-state index >= 15 is 0 Å². The molecule has 3 aromatic rings. The average Bonchev–Trinajstić information content (AvgIpc) is 2.74. The van der Waals surface area contributed by atoms with E-state index in [0.717, 1.165) is 33.7 Å². The third-order valence-corrected chi connectivity index (χ3v) is 5.54. The molecule has 150 valence electrons. The number of amides is 1. The highest BCUT2D eigenvalue weighted by Crippen LogP contribution is 2.26. The summed E-state index contributed by atoms with van der Waals surface area (Å²) in [6, 6.07) is 26.6. The summed E-state index contributed by atoms with van der Waals surface area (Å²) in [4.78, 5) is 12.2. The molecule has 0 atom stereocenters. The maximum Gasteiger partial charge on any atom is 0.234 e. The third-order valence-electron chi connectivity index (χ3n) is 4.62. The van der Waals surface area contributed by atoms with Crippen LogP contribution in [0.5, 0.6) is 0 Å². The molecule has 3 aromatic carbocycles. The van der Waals surface area contributed by atoms with E-state index in [1.165, 1.54) is 0 Å². The zero-order valence-corrected chi connectivity index (χ0v) is 17.7. The SMILES string of the molecule is Cc1ccc(C)c(NC(=O)CSCCOC(c2ccccc2)c2ccccc2)c1. The topological polar surface area (TPSA) is 38.3 Å². The van der Waals surface area contributed by atoms with Crippen LogP contribution in [-0.4, -0.2) is 24.0 Å². The first-order valence-electron chi connectivity index (χ1n) is 9.80. The summed E-state index contributed by atoms with van der Waals surface area (Å²) in [5, 5.41) is 3.00. The van der Waals surface area contributed by atoms with Gasteiger partial charge in [-0.15, -0.1) is 11.8 Å². The lowest BCUT2D eigenvalue weighted by molar-refractivity contribution is -0.113. The quantitative estimate of drug-likeness (QED) is 0.459. The number of anilines is 1. The van der Waals surface area contributed by atoms with Crippen molar-refractivity contribution in [2.45, 2.75) is 20.0 Å². The van der Waals surface area contributed by atoms with E-state index in [0.29, 0.717) is 12.4 Å². The van der Waals surface area contributed by atoms with Crippen LogP contribution in [0.3, 0.4) is 0 Å². The first-order chi connectivity index (χ1) is 14.1. The smallest absolute Gasteiger partial charge is 0.234 e. The average molecular weight is 406 g/mol. The second-order valence-electron chi connectivity index (χ2n) is 6.99. The molecule has 0 radical (unpaired) electrons. The largest absolute Gasteiger partial charge is 0.368 e. The molecule has 3 nitrogen and oxygen atoms in total. The number of benzene rings is 3. The Morgan fingerprint density at radius 1 is 0.931 bits per heavy atom. The van der Waals surface area contributed by atoms with Gasteiger partial charge in [0.1, 0.15) is 6.10 Å². The predicted octanol–water partition coefficient (Wildman–Crippen LogP) is 5.78. The van der Waals surface area contributed by atoms with Gasteiger partial charge in [0, 0.05) is 11.4 Å². The lowest BCUT2D eigenvalue weighted by atomic mass is 10.0. The number of thioether (sulfide) groups is 1. The van der Waals surface area contributed by atoms with E-state index in [-0.39, 0.29) is 12.0 Å². The minimum absolute atomic E-state index is 0.0198. The Kier molecular flexibility index (Phi) is 7.91. The van der Waals surface area contributed by atoms with Gasteiger partial charge in [-0.1, -0.05) is 72.8 Å². The fourth-order valence-corrected chi connectivity index (χ4v) is 3.70. The Morgan fingerprint density at radius 3 is 2.17 bits per heavy atom. The Morgan fingerprint density at radius 2 is 1.55 bits per heavy atom. The van der Waals surface area contributed by atoms with Gasteiger partial charge in [-0.2, -0.15) is 0 Å². The van der Waals surface area contributed by atoms with Crippen molar-refractivity contribution >= 4 is 23.4 Å². The zero-order valence-electron chi connectivity index (χ0n) is 16.9. The van der Waals surface area contributed by atoms with Crippen LogP contribution in [0.2, 0.25) is 0 Å². The van der Waals surface area contributed by atoms with E-state index in [4.69, 9.17) is 4.74 Å². The molecule has 3 rings (SSSR count). The minimum atomic E-state index is -0.0956. The summed E-state index contributed by atoms with van der Waals surface area (Å²) in [5.41, 5.74) is 5.37. The molecule has 0 saturated heterocycles. The number of carbonyl (C=O) groups excluding carboxylic acids is 1. The number of rotatable bonds is 9. The molecule has 29 heavy (non-hydrogen) atoms. The molecule has 0 bridgehead atoms. The van der Waals surface area contributed by atoms with Gasteiger partial charge in [-0.25, -0.2) is 0 Å². The summed E-state index contributed by atoms with van der Waals surface area (Å²) in [5.74, 6) is 1.19. The summed E-state index contributed by atoms with van der Waals surface area (Å²) in [7, 11) is 0. The van der Waals surface area contributed by atoms with Gasteiger partial charge >= 0.3 is 0 Å². The summed E-state index contributed by atoms with van der Waals surface area (Å²) < 4.78 is 6.20. The van der Waals surface area contributed by atoms with E-state index in [9.17, 15) is 4.79 Å². The normalized spacial score (nSPS) is 10.9. The maximum atomic E-state index is 12.2. The van der Waals surface area contributed by atoms with E-state index in [2.05, 4.69) is 29.6 Å². The van der Waals surface area contributed by atoms with Crippen molar-refractivity contribution in [2.75, 3.05) is 23.4 Å². The maximum absolute atomic E-state index is 12.2. The highest BCUT2D eigenvalue weighted by Gasteiger charge is 2.14. The van der Waals surface area contributed by atoms with Gasteiger partial charge in [0.05, 0.1) is 12.4 Å². The Bertz CT molecular complexity index is 873. The van der Waals surface area contributed by atoms with Crippen molar-refractivity contribution in [3.8, 4) is 0 Å². The van der Waals surface area contributed by atoms with E-state index in [1.807, 2.05) is 68.4 Å². The summed E-state index contributed by atoms with van der Waals surface area (Å²) in [6.45, 7) is 4.61. The molecule has 1 N–H and O–H groups in total. The minimum Gasteiger partial charge on any atom is -0.368 e. The summed E-state index contributed by atoms with van der Waals surface area (Å²) in [6.07, 6.45) is -0.0956. The van der Waals surface area contributed by atoms with Crippen LogP contribution < -0.4 is 5.32 Å². The molecule has 4 heteroatoms. The van der Waals surface area contributed by atoms with Crippen LogP contribution in [-0.2, 0) is 9.53 Å². The molecule has 0 aliphatic rings. The number of hydrogen-bond donors (Lipinski definition) is 1. The Labute approximate surface area is 177 Å². The first kappa shape index (κ1) is 21.2. The fourth-order valence-electron chi connectivity index (χ4n) is 3.09. The second-order valence-corrected chi connectivity index (χ2v) is 8.10. The predicted molar refractivity (Wildman–Crippen MR) is 123 cm³/mol. The number of ether oxygens (including phenoxy) is 1. The van der Waals surface area contributed by atoms with Crippen LogP contribution in [0.1, 0.15) is 28.4 Å². The van der Waals surface area contributed by atoms with Gasteiger partial charge in [-0.3, -0.25) is 4.79 Å². The van der Waals surface area contributed by atoms with Gasteiger partial charge < -0.3 is 10.1 Å². The van der Waals surface area contributed by atoms with Crippen LogP contribution >= 0.6 is 11.8 Å². The van der Waals surface area contributed by atoms with Gasteiger partial charge in [0.15, 0.2) is 0 Å². The van der Waals surface area contributed by atoms with Crippen molar-refractivity contribution in [2.24, 2.45) is 0 Å². The van der Waals surface area contributed by atoms with Crippen molar-refractivity contribution in [3.63, 3.8) is 0 Å². The van der Waals surface area contributed by atoms with Crippen molar-refractivity contribution in [1.29, 1.82) is 0 Å². The van der Waals surface area contributed by atoms with Gasteiger partial charge in [0.25, 0.3) is 0 Å². The number of aryl methyl sites for hydroxylation is 2. The van der Waals surface area contributed by atoms with Crippen LogP contribution in [0, 0.1) is 13.8 Å². The highest BCUT2D eigenvalue weighted by molar-refractivity contribution is 7.99. The molecule has 0 aromatic heterocycles. The molecule has 0 saturated carbocycles. The van der Waals surface area contributed by atoms with Crippen molar-refractivity contribution in [3.05, 3.63) is 101 Å². The molecular weight excluding hydrogens is 378 g/mol. The molecular formula is C25H27NO2S. The molecule has 0 aliphatic carbocycles. The van der Waals surface area contributed by atoms with Crippen LogP contribution in [0.4, 0.5) is 5.69 Å². The van der Waals surface area contributed by atoms with Gasteiger partial charge in [-0.05, 0) is 42.2 Å². The lowest BCUT2D eigenvalue weighted by Gasteiger charge is -2.19. The monoisotopic (exact) mass is 405 g/mol. The number of hydrogen-bond acceptors (Lipinski definition) is 3. The molecule has 0 aliphatic heterocycles. The zero-order chi connectivity index (χ0) is 20.5. The number of nitrogens with one attached hydrogen (secondary N) is 1. The molecule has 0 fully saturated rings. The fraction of sp³-hybridized carbons (Fsp3) is 0.240. The van der Waals surface area contributed by atoms with Crippen molar-refractivity contribution < 1.29 is 9.53 Å². The van der Waals surface area contributed by atoms with Gasteiger partial charge in [0.2, 0.25) is 5.91 Å². The molecule has 0 spiro atoms. The summed E-state index contributed by atoms with van der Waals surface area (Å²) >= 11 is 1.59. The lowest BCUT2D eigenvalue weighted by Crippen LogP contribution is -2.16. The third kappa shape index (κ3) is 6.48. The molecule has 0 heterocycles. The molecule has 1 amide bonds. The number of carbonyl (C=O) groups is 1. The molecule has 0 unspecified atom stereocenters. The Hall–Kier alpha value is -2.56. The van der Waals surface area contributed by atoms with Crippen LogP contribution in [0.25, 0.3) is 0 Å². The Balaban J connectivity index is 1.48. The van der Waals surface area contributed by atoms with Crippen molar-refractivity contribution in [1.82, 2.24) is 0 Å². The van der Waals surface area contributed by atoms with E-state index < -0.39 is 0 Å².